The van der Waals surface area contributed by atoms with Crippen LogP contribution in [0.25, 0.3) is 0 Å². The average molecular weight is 249 g/mol. The maximum absolute atomic E-state index is 5.21. The molecule has 2 aromatic rings. The molecule has 0 spiro atoms. The lowest BCUT2D eigenvalue weighted by atomic mass is 10.0. The highest BCUT2D eigenvalue weighted by Crippen LogP contribution is 2.30. The zero-order chi connectivity index (χ0) is 12.3. The number of nitrogens with one attached hydrogen (secondary N) is 1. The van der Waals surface area contributed by atoms with E-state index in [2.05, 4.69) is 32.2 Å². The Morgan fingerprint density at radius 1 is 1.41 bits per heavy atom. The molecule has 3 heteroatoms. The molecular weight excluding hydrogens is 230 g/mol. The van der Waals surface area contributed by atoms with Gasteiger partial charge in [-0.1, -0.05) is 6.92 Å². The molecule has 2 aromatic heterocycles. The molecule has 0 aliphatic carbocycles. The standard InChI is InChI=1S/C14H19NOS/c1-4-6-15-14(12-5-7-16-9-12)13-8-10(2)17-11(13)3/h5,7-9,14-15H,4,6H2,1-3H3. The molecule has 0 saturated carbocycles. The molecule has 2 rings (SSSR count). The van der Waals surface area contributed by atoms with E-state index >= 15 is 0 Å². The Balaban J connectivity index is 2.30. The van der Waals surface area contributed by atoms with Crippen LogP contribution in [0.5, 0.6) is 0 Å². The summed E-state index contributed by atoms with van der Waals surface area (Å²) in [6.07, 6.45) is 4.71. The van der Waals surface area contributed by atoms with Gasteiger partial charge in [-0.25, -0.2) is 0 Å². The molecule has 0 aliphatic rings. The third-order valence-corrected chi connectivity index (χ3v) is 3.85. The summed E-state index contributed by atoms with van der Waals surface area (Å²) in [6.45, 7) is 7.55. The summed E-state index contributed by atoms with van der Waals surface area (Å²) in [5, 5.41) is 3.59. The summed E-state index contributed by atoms with van der Waals surface area (Å²) >= 11 is 1.86. The fourth-order valence-electron chi connectivity index (χ4n) is 2.07. The van der Waals surface area contributed by atoms with Crippen molar-refractivity contribution >= 4 is 11.3 Å². The largest absolute Gasteiger partial charge is 0.472 e. The van der Waals surface area contributed by atoms with E-state index in [0.717, 1.165) is 13.0 Å². The molecule has 0 aromatic carbocycles. The fraction of sp³-hybridized carbons (Fsp3) is 0.429. The van der Waals surface area contributed by atoms with E-state index in [1.165, 1.54) is 20.9 Å². The van der Waals surface area contributed by atoms with Crippen LogP contribution < -0.4 is 5.32 Å². The van der Waals surface area contributed by atoms with Gasteiger partial charge in [-0.2, -0.15) is 0 Å². The first-order chi connectivity index (χ1) is 8.22. The van der Waals surface area contributed by atoms with Crippen molar-refractivity contribution in [1.29, 1.82) is 0 Å². The fourth-order valence-corrected chi connectivity index (χ4v) is 3.04. The second kappa shape index (κ2) is 5.52. The number of hydrogen-bond donors (Lipinski definition) is 1. The SMILES string of the molecule is CCCNC(c1ccoc1)c1cc(C)sc1C. The lowest BCUT2D eigenvalue weighted by Crippen LogP contribution is -2.22. The maximum Gasteiger partial charge on any atom is 0.0953 e. The Morgan fingerprint density at radius 2 is 2.24 bits per heavy atom. The van der Waals surface area contributed by atoms with E-state index < -0.39 is 0 Å². The molecule has 0 saturated heterocycles. The summed E-state index contributed by atoms with van der Waals surface area (Å²) in [4.78, 5) is 2.75. The quantitative estimate of drug-likeness (QED) is 0.865. The highest BCUT2D eigenvalue weighted by molar-refractivity contribution is 7.12. The van der Waals surface area contributed by atoms with E-state index in [-0.39, 0.29) is 6.04 Å². The number of thiophene rings is 1. The van der Waals surface area contributed by atoms with Crippen LogP contribution in [0.3, 0.4) is 0 Å². The molecule has 1 atom stereocenters. The number of furan rings is 1. The predicted octanol–water partition coefficient (Wildman–Crippen LogP) is 4.05. The maximum atomic E-state index is 5.21. The van der Waals surface area contributed by atoms with Crippen molar-refractivity contribution in [1.82, 2.24) is 5.32 Å². The van der Waals surface area contributed by atoms with Crippen molar-refractivity contribution in [2.24, 2.45) is 0 Å². The van der Waals surface area contributed by atoms with Crippen molar-refractivity contribution in [3.05, 3.63) is 45.5 Å². The van der Waals surface area contributed by atoms with Gasteiger partial charge in [0.25, 0.3) is 0 Å². The lowest BCUT2D eigenvalue weighted by Gasteiger charge is -2.17. The van der Waals surface area contributed by atoms with Crippen molar-refractivity contribution in [2.75, 3.05) is 6.54 Å². The summed E-state index contributed by atoms with van der Waals surface area (Å²) in [7, 11) is 0. The first kappa shape index (κ1) is 12.4. The molecule has 0 aliphatic heterocycles. The van der Waals surface area contributed by atoms with Crippen LogP contribution in [0.2, 0.25) is 0 Å². The van der Waals surface area contributed by atoms with Gasteiger partial charge in [0.1, 0.15) is 0 Å². The minimum absolute atomic E-state index is 0.263. The van der Waals surface area contributed by atoms with E-state index in [1.54, 1.807) is 6.26 Å². The number of aryl methyl sites for hydroxylation is 2. The van der Waals surface area contributed by atoms with E-state index in [0.29, 0.717) is 0 Å². The van der Waals surface area contributed by atoms with Crippen LogP contribution in [-0.2, 0) is 0 Å². The van der Waals surface area contributed by atoms with Crippen LogP contribution in [0, 0.1) is 13.8 Å². The van der Waals surface area contributed by atoms with Gasteiger partial charge < -0.3 is 9.73 Å². The Morgan fingerprint density at radius 3 is 2.76 bits per heavy atom. The van der Waals surface area contributed by atoms with Gasteiger partial charge in [0, 0.05) is 15.3 Å². The van der Waals surface area contributed by atoms with Crippen LogP contribution >= 0.6 is 11.3 Å². The predicted molar refractivity (Wildman–Crippen MR) is 72.6 cm³/mol. The number of rotatable bonds is 5. The average Bonchev–Trinajstić information content (AvgIpc) is 2.90. The lowest BCUT2D eigenvalue weighted by molar-refractivity contribution is 0.548. The second-order valence-corrected chi connectivity index (χ2v) is 5.77. The Hall–Kier alpha value is -1.06. The minimum Gasteiger partial charge on any atom is -0.472 e. The van der Waals surface area contributed by atoms with E-state index in [9.17, 15) is 0 Å². The Bertz CT molecular complexity index is 459. The van der Waals surface area contributed by atoms with E-state index in [4.69, 9.17) is 4.42 Å². The van der Waals surface area contributed by atoms with Gasteiger partial charge in [-0.3, -0.25) is 0 Å². The smallest absolute Gasteiger partial charge is 0.0953 e. The zero-order valence-corrected chi connectivity index (χ0v) is 11.4. The molecule has 0 radical (unpaired) electrons. The van der Waals surface area contributed by atoms with Gasteiger partial charge in [0.05, 0.1) is 18.6 Å². The Kier molecular flexibility index (Phi) is 4.02. The van der Waals surface area contributed by atoms with Gasteiger partial charge in [0.15, 0.2) is 0 Å². The normalized spacial score (nSPS) is 12.9. The number of hydrogen-bond acceptors (Lipinski definition) is 3. The van der Waals surface area contributed by atoms with Crippen LogP contribution in [0.4, 0.5) is 0 Å². The highest BCUT2D eigenvalue weighted by Gasteiger charge is 2.18. The summed E-state index contributed by atoms with van der Waals surface area (Å²) < 4.78 is 5.21. The van der Waals surface area contributed by atoms with Crippen LogP contribution in [-0.4, -0.2) is 6.54 Å². The van der Waals surface area contributed by atoms with Gasteiger partial charge in [-0.05, 0) is 44.5 Å². The van der Waals surface area contributed by atoms with Crippen LogP contribution in [0.15, 0.2) is 29.1 Å². The van der Waals surface area contributed by atoms with Crippen molar-refractivity contribution in [3.8, 4) is 0 Å². The minimum atomic E-state index is 0.263. The summed E-state index contributed by atoms with van der Waals surface area (Å²) in [5.74, 6) is 0. The first-order valence-electron chi connectivity index (χ1n) is 6.04. The van der Waals surface area contributed by atoms with Crippen molar-refractivity contribution in [3.63, 3.8) is 0 Å². The summed E-state index contributed by atoms with van der Waals surface area (Å²) in [5.41, 5.74) is 2.58. The molecule has 0 bridgehead atoms. The first-order valence-corrected chi connectivity index (χ1v) is 6.86. The second-order valence-electron chi connectivity index (χ2n) is 4.31. The monoisotopic (exact) mass is 249 g/mol. The van der Waals surface area contributed by atoms with Crippen molar-refractivity contribution < 1.29 is 4.42 Å². The molecule has 2 heterocycles. The molecule has 1 N–H and O–H groups in total. The van der Waals surface area contributed by atoms with Crippen LogP contribution in [0.1, 0.15) is 40.3 Å². The zero-order valence-electron chi connectivity index (χ0n) is 10.6. The van der Waals surface area contributed by atoms with Gasteiger partial charge in [-0.15, -0.1) is 11.3 Å². The topological polar surface area (TPSA) is 25.2 Å². The molecule has 0 fully saturated rings. The molecule has 2 nitrogen and oxygen atoms in total. The third kappa shape index (κ3) is 2.79. The van der Waals surface area contributed by atoms with Gasteiger partial charge >= 0.3 is 0 Å². The Labute approximate surface area is 107 Å². The molecule has 0 amide bonds. The molecule has 17 heavy (non-hydrogen) atoms. The molecular formula is C14H19NOS. The summed E-state index contributed by atoms with van der Waals surface area (Å²) in [6, 6.07) is 4.58. The van der Waals surface area contributed by atoms with E-state index in [1.807, 2.05) is 23.7 Å². The van der Waals surface area contributed by atoms with Crippen molar-refractivity contribution in [2.45, 2.75) is 33.2 Å². The molecule has 1 unspecified atom stereocenters. The third-order valence-electron chi connectivity index (χ3n) is 2.87. The molecule has 92 valence electrons. The van der Waals surface area contributed by atoms with Gasteiger partial charge in [0.2, 0.25) is 0 Å². The highest BCUT2D eigenvalue weighted by atomic mass is 32.1.